The van der Waals surface area contributed by atoms with Crippen molar-refractivity contribution in [1.82, 2.24) is 4.90 Å². The highest BCUT2D eigenvalue weighted by atomic mass is 16.3. The monoisotopic (exact) mass is 338 g/mol. The van der Waals surface area contributed by atoms with E-state index >= 15 is 0 Å². The van der Waals surface area contributed by atoms with Crippen molar-refractivity contribution in [2.45, 2.75) is 30.7 Å². The van der Waals surface area contributed by atoms with Crippen molar-refractivity contribution in [2.24, 2.45) is 11.3 Å². The number of hydrogen-bond donors (Lipinski definition) is 2. The van der Waals surface area contributed by atoms with Gasteiger partial charge in [0.2, 0.25) is 5.91 Å². The van der Waals surface area contributed by atoms with E-state index < -0.39 is 0 Å². The zero-order valence-corrected chi connectivity index (χ0v) is 14.6. The van der Waals surface area contributed by atoms with Crippen LogP contribution in [0.15, 0.2) is 49.6 Å². The SMILES string of the molecule is C=CCN1CC[C@]23c4ccccc4NC(=O)[C@H]2C[C@@](C=C)(CCO)[C@H]13. The third-order valence-electron chi connectivity index (χ3n) is 6.77. The minimum Gasteiger partial charge on any atom is -0.396 e. The van der Waals surface area contributed by atoms with Crippen LogP contribution in [-0.2, 0) is 10.2 Å². The topological polar surface area (TPSA) is 52.6 Å². The van der Waals surface area contributed by atoms with Gasteiger partial charge in [-0.3, -0.25) is 9.69 Å². The van der Waals surface area contributed by atoms with E-state index in [4.69, 9.17) is 0 Å². The fraction of sp³-hybridized carbons (Fsp3) is 0.476. The Kier molecular flexibility index (Phi) is 3.85. The molecule has 25 heavy (non-hydrogen) atoms. The number of para-hydroxylation sites is 1. The van der Waals surface area contributed by atoms with Crippen LogP contribution >= 0.6 is 0 Å². The number of anilines is 1. The maximum atomic E-state index is 13.0. The van der Waals surface area contributed by atoms with Crippen molar-refractivity contribution < 1.29 is 9.90 Å². The Morgan fingerprint density at radius 2 is 2.16 bits per heavy atom. The standard InChI is InChI=1S/C21H26N2O2/c1-3-11-23-12-9-21-15-7-5-6-8-17(15)22-18(25)16(21)14-20(4-2,10-13-24)19(21)23/h3-8,16,19,24H,1-2,9-14H2,(H,22,25)/t16-,19+,20-,21+/m1/s1. The van der Waals surface area contributed by atoms with E-state index in [1.807, 2.05) is 24.3 Å². The van der Waals surface area contributed by atoms with E-state index in [0.29, 0.717) is 6.42 Å². The van der Waals surface area contributed by atoms with Crippen LogP contribution in [-0.4, -0.2) is 41.7 Å². The first-order valence-corrected chi connectivity index (χ1v) is 9.13. The molecule has 1 spiro atoms. The number of carbonyl (C=O) groups is 1. The van der Waals surface area contributed by atoms with E-state index in [1.54, 1.807) is 0 Å². The van der Waals surface area contributed by atoms with Crippen molar-refractivity contribution in [1.29, 1.82) is 0 Å². The van der Waals surface area contributed by atoms with Gasteiger partial charge in [0, 0.05) is 35.7 Å². The second-order valence-electron chi connectivity index (χ2n) is 7.68. The molecule has 132 valence electrons. The van der Waals surface area contributed by atoms with Crippen molar-refractivity contribution in [3.63, 3.8) is 0 Å². The van der Waals surface area contributed by atoms with Gasteiger partial charge in [0.05, 0.1) is 5.92 Å². The highest BCUT2D eigenvalue weighted by Crippen LogP contribution is 2.65. The fourth-order valence-electron chi connectivity index (χ4n) is 5.96. The second-order valence-corrected chi connectivity index (χ2v) is 7.68. The summed E-state index contributed by atoms with van der Waals surface area (Å²) in [5, 5.41) is 12.9. The van der Waals surface area contributed by atoms with Crippen LogP contribution in [0.3, 0.4) is 0 Å². The van der Waals surface area contributed by atoms with E-state index in [0.717, 1.165) is 31.6 Å². The average Bonchev–Trinajstić information content (AvgIpc) is 3.12. The van der Waals surface area contributed by atoms with Gasteiger partial charge in [0.25, 0.3) is 0 Å². The summed E-state index contributed by atoms with van der Waals surface area (Å²) in [5.74, 6) is 0.0394. The third-order valence-corrected chi connectivity index (χ3v) is 6.77. The zero-order chi connectivity index (χ0) is 17.7. The van der Waals surface area contributed by atoms with Crippen LogP contribution in [0, 0.1) is 11.3 Å². The minimum atomic E-state index is -0.256. The van der Waals surface area contributed by atoms with Gasteiger partial charge in [-0.15, -0.1) is 13.2 Å². The molecule has 0 unspecified atom stereocenters. The molecule has 1 amide bonds. The summed E-state index contributed by atoms with van der Waals surface area (Å²) < 4.78 is 0. The summed E-state index contributed by atoms with van der Waals surface area (Å²) in [6, 6.07) is 8.38. The van der Waals surface area contributed by atoms with E-state index in [2.05, 4.69) is 35.5 Å². The van der Waals surface area contributed by atoms with Crippen LogP contribution < -0.4 is 5.32 Å². The van der Waals surface area contributed by atoms with Gasteiger partial charge in [-0.25, -0.2) is 0 Å². The van der Waals surface area contributed by atoms with Gasteiger partial charge < -0.3 is 10.4 Å². The molecule has 4 rings (SSSR count). The predicted molar refractivity (Wildman–Crippen MR) is 99.4 cm³/mol. The molecule has 2 heterocycles. The maximum absolute atomic E-state index is 13.0. The number of aliphatic hydroxyl groups excluding tert-OH is 1. The summed E-state index contributed by atoms with van der Waals surface area (Å²) >= 11 is 0. The lowest BCUT2D eigenvalue weighted by Gasteiger charge is -2.44. The maximum Gasteiger partial charge on any atom is 0.228 e. The van der Waals surface area contributed by atoms with Gasteiger partial charge in [-0.1, -0.05) is 30.4 Å². The number of likely N-dealkylation sites (tertiary alicyclic amines) is 1. The van der Waals surface area contributed by atoms with Crippen molar-refractivity contribution in [2.75, 3.05) is 25.0 Å². The molecule has 0 radical (unpaired) electrons. The van der Waals surface area contributed by atoms with Crippen LogP contribution in [0.2, 0.25) is 0 Å². The lowest BCUT2D eigenvalue weighted by Crippen LogP contribution is -2.52. The molecule has 4 atom stereocenters. The quantitative estimate of drug-likeness (QED) is 0.812. The lowest BCUT2D eigenvalue weighted by molar-refractivity contribution is -0.122. The summed E-state index contributed by atoms with van der Waals surface area (Å²) in [6.07, 6.45) is 6.29. The Morgan fingerprint density at radius 1 is 1.36 bits per heavy atom. The number of hydrogen-bond acceptors (Lipinski definition) is 3. The number of nitrogens with zero attached hydrogens (tertiary/aromatic N) is 1. The van der Waals surface area contributed by atoms with Gasteiger partial charge in [0.15, 0.2) is 0 Å². The van der Waals surface area contributed by atoms with Crippen LogP contribution in [0.5, 0.6) is 0 Å². The summed E-state index contributed by atoms with van der Waals surface area (Å²) in [5.41, 5.74) is 1.73. The molecule has 4 nitrogen and oxygen atoms in total. The predicted octanol–water partition coefficient (Wildman–Crippen LogP) is 2.71. The Balaban J connectivity index is 1.94. The molecule has 4 heteroatoms. The van der Waals surface area contributed by atoms with E-state index in [9.17, 15) is 9.90 Å². The molecule has 1 saturated heterocycles. The Bertz CT molecular complexity index is 730. The molecule has 1 aromatic rings. The average molecular weight is 338 g/mol. The number of nitrogens with one attached hydrogen (secondary N) is 1. The second kappa shape index (κ2) is 5.82. The zero-order valence-electron chi connectivity index (χ0n) is 14.6. The Labute approximate surface area is 149 Å². The van der Waals surface area contributed by atoms with Crippen LogP contribution in [0.4, 0.5) is 5.69 Å². The third kappa shape index (κ3) is 2.04. The number of carbonyl (C=O) groups excluding carboxylic acids is 1. The number of benzene rings is 1. The molecule has 0 bridgehead atoms. The number of amides is 1. The summed E-state index contributed by atoms with van der Waals surface area (Å²) in [4.78, 5) is 15.4. The van der Waals surface area contributed by atoms with Crippen molar-refractivity contribution in [3.05, 3.63) is 55.1 Å². The van der Waals surface area contributed by atoms with E-state index in [1.165, 1.54) is 5.56 Å². The summed E-state index contributed by atoms with van der Waals surface area (Å²) in [6.45, 7) is 9.89. The molecule has 2 aliphatic heterocycles. The van der Waals surface area contributed by atoms with E-state index in [-0.39, 0.29) is 35.3 Å². The molecule has 1 saturated carbocycles. The molecule has 2 fully saturated rings. The number of rotatable bonds is 5. The largest absolute Gasteiger partial charge is 0.396 e. The van der Waals surface area contributed by atoms with Gasteiger partial charge in [0.1, 0.15) is 0 Å². The van der Waals surface area contributed by atoms with Gasteiger partial charge >= 0.3 is 0 Å². The molecule has 2 N–H and O–H groups in total. The first-order chi connectivity index (χ1) is 12.1. The molecule has 1 aromatic carbocycles. The summed E-state index contributed by atoms with van der Waals surface area (Å²) in [7, 11) is 0. The van der Waals surface area contributed by atoms with Crippen molar-refractivity contribution in [3.8, 4) is 0 Å². The lowest BCUT2D eigenvalue weighted by atomic mass is 9.65. The molecule has 3 aliphatic rings. The normalized spacial score (nSPS) is 36.3. The molecule has 1 aliphatic carbocycles. The Morgan fingerprint density at radius 3 is 2.88 bits per heavy atom. The smallest absolute Gasteiger partial charge is 0.228 e. The van der Waals surface area contributed by atoms with Crippen LogP contribution in [0.1, 0.15) is 24.8 Å². The molecular formula is C21H26N2O2. The Hall–Kier alpha value is -1.91. The van der Waals surface area contributed by atoms with Gasteiger partial charge in [-0.2, -0.15) is 0 Å². The van der Waals surface area contributed by atoms with Gasteiger partial charge in [-0.05, 0) is 37.4 Å². The fourth-order valence-corrected chi connectivity index (χ4v) is 5.96. The first-order valence-electron chi connectivity index (χ1n) is 9.13. The highest BCUT2D eigenvalue weighted by Gasteiger charge is 2.68. The number of fused-ring (bicyclic) bond motifs is 1. The molecular weight excluding hydrogens is 312 g/mol. The highest BCUT2D eigenvalue weighted by molar-refractivity contribution is 5.98. The number of aliphatic hydroxyl groups is 1. The van der Waals surface area contributed by atoms with Crippen molar-refractivity contribution >= 4 is 11.6 Å². The van der Waals surface area contributed by atoms with Crippen LogP contribution in [0.25, 0.3) is 0 Å². The first kappa shape index (κ1) is 16.6. The molecule has 0 aromatic heterocycles. The minimum absolute atomic E-state index is 0.0771.